The Hall–Kier alpha value is -3.45. The third kappa shape index (κ3) is 4.41. The molecule has 0 saturated heterocycles. The smallest absolute Gasteiger partial charge is 0.259 e. The van der Waals surface area contributed by atoms with Gasteiger partial charge in [-0.05, 0) is 55.0 Å². The number of nitrogens with one attached hydrogen (secondary N) is 1. The molecule has 7 heteroatoms. The highest BCUT2D eigenvalue weighted by Gasteiger charge is 2.17. The zero-order chi connectivity index (χ0) is 20.9. The molecule has 1 amide bonds. The average molecular weight is 418 g/mol. The van der Waals surface area contributed by atoms with Gasteiger partial charge in [-0.15, -0.1) is 11.8 Å². The molecule has 4 aromatic rings. The normalized spacial score (nSPS) is 10.7. The van der Waals surface area contributed by atoms with E-state index in [4.69, 9.17) is 0 Å². The van der Waals surface area contributed by atoms with Gasteiger partial charge >= 0.3 is 0 Å². The zero-order valence-electron chi connectivity index (χ0n) is 16.2. The van der Waals surface area contributed by atoms with E-state index in [2.05, 4.69) is 15.4 Å². The monoisotopic (exact) mass is 418 g/mol. The van der Waals surface area contributed by atoms with Gasteiger partial charge in [0.05, 0.1) is 17.5 Å². The van der Waals surface area contributed by atoms with Crippen LogP contribution in [0.2, 0.25) is 0 Å². The van der Waals surface area contributed by atoms with Crippen LogP contribution in [0.25, 0.3) is 5.69 Å². The predicted molar refractivity (Wildman–Crippen MR) is 116 cm³/mol. The van der Waals surface area contributed by atoms with Crippen molar-refractivity contribution in [1.82, 2.24) is 14.8 Å². The van der Waals surface area contributed by atoms with Gasteiger partial charge in [-0.25, -0.2) is 9.07 Å². The summed E-state index contributed by atoms with van der Waals surface area (Å²) in [4.78, 5) is 17.9. The predicted octanol–water partition coefficient (Wildman–Crippen LogP) is 5.26. The molecule has 1 N–H and O–H groups in total. The van der Waals surface area contributed by atoms with Crippen LogP contribution in [0.3, 0.4) is 0 Å². The highest BCUT2D eigenvalue weighted by atomic mass is 32.2. The van der Waals surface area contributed by atoms with E-state index in [0.717, 1.165) is 16.2 Å². The lowest BCUT2D eigenvalue weighted by Gasteiger charge is -2.08. The molecule has 2 aromatic heterocycles. The molecule has 150 valence electrons. The zero-order valence-corrected chi connectivity index (χ0v) is 17.1. The maximum atomic E-state index is 14.1. The average Bonchev–Trinajstić information content (AvgIpc) is 3.15. The Bertz CT molecular complexity index is 1160. The molecule has 0 aliphatic carbocycles. The quantitative estimate of drug-likeness (QED) is 0.434. The number of hydrogen-bond acceptors (Lipinski definition) is 4. The first kappa shape index (κ1) is 19.8. The number of carbonyl (C=O) groups excluding carboxylic acids is 1. The number of aromatic nitrogens is 3. The van der Waals surface area contributed by atoms with Crippen molar-refractivity contribution in [3.05, 3.63) is 102 Å². The van der Waals surface area contributed by atoms with Crippen molar-refractivity contribution >= 4 is 23.4 Å². The Morgan fingerprint density at radius 2 is 1.87 bits per heavy atom. The minimum absolute atomic E-state index is 0.286. The summed E-state index contributed by atoms with van der Waals surface area (Å²) >= 11 is 1.70. The van der Waals surface area contributed by atoms with Gasteiger partial charge in [0.1, 0.15) is 11.5 Å². The van der Waals surface area contributed by atoms with Gasteiger partial charge in [-0.3, -0.25) is 9.78 Å². The number of pyridine rings is 1. The lowest BCUT2D eigenvalue weighted by Crippen LogP contribution is -2.13. The fourth-order valence-corrected chi connectivity index (χ4v) is 3.81. The molecule has 0 spiro atoms. The minimum atomic E-state index is -0.393. The van der Waals surface area contributed by atoms with Crippen LogP contribution in [-0.4, -0.2) is 20.7 Å². The number of thioether (sulfide) groups is 1. The molecule has 0 fully saturated rings. The SMILES string of the molecule is Cc1c(C(=O)Nc2ccc(SCc3cccnc3)cc2)cnn1-c1ccccc1F. The van der Waals surface area contributed by atoms with Crippen LogP contribution in [0.4, 0.5) is 10.1 Å². The van der Waals surface area contributed by atoms with E-state index in [9.17, 15) is 9.18 Å². The van der Waals surface area contributed by atoms with E-state index in [-0.39, 0.29) is 5.91 Å². The maximum Gasteiger partial charge on any atom is 0.259 e. The molecule has 0 radical (unpaired) electrons. The van der Waals surface area contributed by atoms with Crippen molar-refractivity contribution in [2.75, 3.05) is 5.32 Å². The van der Waals surface area contributed by atoms with Gasteiger partial charge in [-0.2, -0.15) is 5.10 Å². The van der Waals surface area contributed by atoms with Gasteiger partial charge in [-0.1, -0.05) is 18.2 Å². The molecule has 0 aliphatic rings. The summed E-state index contributed by atoms with van der Waals surface area (Å²) in [6.07, 6.45) is 5.06. The van der Waals surface area contributed by atoms with Crippen molar-refractivity contribution in [3.63, 3.8) is 0 Å². The molecule has 2 aromatic carbocycles. The highest BCUT2D eigenvalue weighted by molar-refractivity contribution is 7.98. The third-order valence-corrected chi connectivity index (χ3v) is 5.66. The number of amides is 1. The van der Waals surface area contributed by atoms with Crippen molar-refractivity contribution < 1.29 is 9.18 Å². The Morgan fingerprint density at radius 1 is 1.07 bits per heavy atom. The van der Waals surface area contributed by atoms with Crippen LogP contribution in [-0.2, 0) is 5.75 Å². The second kappa shape index (κ2) is 8.92. The standard InChI is InChI=1S/C23H19FN4OS/c1-16-20(14-26-28(16)22-7-3-2-6-21(22)24)23(29)27-18-8-10-19(11-9-18)30-15-17-5-4-12-25-13-17/h2-14H,15H2,1H3,(H,27,29). The first-order valence-corrected chi connectivity index (χ1v) is 10.3. The number of rotatable bonds is 6. The molecular formula is C23H19FN4OS. The lowest BCUT2D eigenvalue weighted by atomic mass is 10.2. The van der Waals surface area contributed by atoms with Gasteiger partial charge in [0.25, 0.3) is 5.91 Å². The van der Waals surface area contributed by atoms with E-state index in [1.807, 2.05) is 42.6 Å². The minimum Gasteiger partial charge on any atom is -0.322 e. The molecule has 4 rings (SSSR count). The van der Waals surface area contributed by atoms with Crippen LogP contribution in [0.5, 0.6) is 0 Å². The topological polar surface area (TPSA) is 59.8 Å². The Labute approximate surface area is 178 Å². The van der Waals surface area contributed by atoms with E-state index in [1.165, 1.54) is 16.9 Å². The van der Waals surface area contributed by atoms with Gasteiger partial charge in [0.2, 0.25) is 0 Å². The van der Waals surface area contributed by atoms with E-state index in [0.29, 0.717) is 22.6 Å². The van der Waals surface area contributed by atoms with Crippen LogP contribution in [0.1, 0.15) is 21.6 Å². The van der Waals surface area contributed by atoms with Gasteiger partial charge in [0.15, 0.2) is 0 Å². The molecule has 0 unspecified atom stereocenters. The summed E-state index contributed by atoms with van der Waals surface area (Å²) in [5.41, 5.74) is 3.12. The van der Waals surface area contributed by atoms with E-state index < -0.39 is 5.82 Å². The number of anilines is 1. The third-order valence-electron chi connectivity index (χ3n) is 4.58. The number of benzene rings is 2. The molecule has 0 bridgehead atoms. The summed E-state index contributed by atoms with van der Waals surface area (Å²) in [6, 6.07) is 17.9. The second-order valence-electron chi connectivity index (χ2n) is 6.64. The molecule has 0 saturated carbocycles. The van der Waals surface area contributed by atoms with Crippen molar-refractivity contribution in [3.8, 4) is 5.69 Å². The number of nitrogens with zero attached hydrogens (tertiary/aromatic N) is 3. The van der Waals surface area contributed by atoms with Crippen molar-refractivity contribution in [1.29, 1.82) is 0 Å². The number of hydrogen-bond donors (Lipinski definition) is 1. The summed E-state index contributed by atoms with van der Waals surface area (Å²) in [5.74, 6) is 0.148. The lowest BCUT2D eigenvalue weighted by molar-refractivity contribution is 0.102. The molecular weight excluding hydrogens is 399 g/mol. The highest BCUT2D eigenvalue weighted by Crippen LogP contribution is 2.24. The van der Waals surface area contributed by atoms with Crippen LogP contribution >= 0.6 is 11.8 Å². The van der Waals surface area contributed by atoms with Crippen molar-refractivity contribution in [2.24, 2.45) is 0 Å². The fraction of sp³-hybridized carbons (Fsp3) is 0.0870. The maximum absolute atomic E-state index is 14.1. The first-order valence-electron chi connectivity index (χ1n) is 9.34. The van der Waals surface area contributed by atoms with Crippen LogP contribution in [0, 0.1) is 12.7 Å². The molecule has 2 heterocycles. The Morgan fingerprint density at radius 3 is 2.60 bits per heavy atom. The summed E-state index contributed by atoms with van der Waals surface area (Å²) in [7, 11) is 0. The number of halogens is 1. The number of para-hydroxylation sites is 1. The first-order chi connectivity index (χ1) is 14.6. The Balaban J connectivity index is 1.42. The largest absolute Gasteiger partial charge is 0.322 e. The van der Waals surface area contributed by atoms with Gasteiger partial charge in [0, 0.05) is 28.7 Å². The molecule has 5 nitrogen and oxygen atoms in total. The molecule has 0 atom stereocenters. The fourth-order valence-electron chi connectivity index (χ4n) is 2.98. The van der Waals surface area contributed by atoms with E-state index in [1.54, 1.807) is 43.1 Å². The summed E-state index contributed by atoms with van der Waals surface area (Å²) in [6.45, 7) is 1.74. The molecule has 30 heavy (non-hydrogen) atoms. The van der Waals surface area contributed by atoms with Gasteiger partial charge < -0.3 is 5.32 Å². The van der Waals surface area contributed by atoms with Crippen LogP contribution in [0.15, 0.2) is 84.1 Å². The second-order valence-corrected chi connectivity index (χ2v) is 7.68. The molecule has 0 aliphatic heterocycles. The van der Waals surface area contributed by atoms with Crippen LogP contribution < -0.4 is 5.32 Å². The van der Waals surface area contributed by atoms with Crippen molar-refractivity contribution in [2.45, 2.75) is 17.6 Å². The van der Waals surface area contributed by atoms with E-state index >= 15 is 0 Å². The summed E-state index contributed by atoms with van der Waals surface area (Å²) < 4.78 is 15.5. The number of carbonyl (C=O) groups is 1. The Kier molecular flexibility index (Phi) is 5.90. The summed E-state index contributed by atoms with van der Waals surface area (Å²) in [5, 5.41) is 7.06.